The molecule has 0 saturated carbocycles. The third kappa shape index (κ3) is 2.59. The summed E-state index contributed by atoms with van der Waals surface area (Å²) in [5.41, 5.74) is 8.89. The van der Waals surface area contributed by atoms with Gasteiger partial charge in [-0.3, -0.25) is 0 Å². The van der Waals surface area contributed by atoms with Gasteiger partial charge in [-0.2, -0.15) is 0 Å². The number of hydrogen-bond acceptors (Lipinski definition) is 1. The first-order valence-electron chi connectivity index (χ1n) is 10.1. The lowest BCUT2D eigenvalue weighted by Crippen LogP contribution is -2.43. The van der Waals surface area contributed by atoms with Crippen LogP contribution in [0.1, 0.15) is 53.3 Å². The molecule has 134 valence electrons. The normalized spacial score (nSPS) is 21.8. The van der Waals surface area contributed by atoms with Crippen LogP contribution in [0.5, 0.6) is 0 Å². The molecule has 0 amide bonds. The first kappa shape index (κ1) is 16.1. The van der Waals surface area contributed by atoms with Crippen LogP contribution in [-0.2, 0) is 19.4 Å². The minimum absolute atomic E-state index is 0.557. The number of hydrogen-bond donors (Lipinski definition) is 1. The molecule has 3 aromatic rings. The predicted molar refractivity (Wildman–Crippen MR) is 109 cm³/mol. The molecule has 0 aliphatic carbocycles. The maximum absolute atomic E-state index is 3.90. The molecule has 2 aromatic carbocycles. The van der Waals surface area contributed by atoms with Crippen molar-refractivity contribution < 1.29 is 0 Å². The monoisotopic (exact) mass is 344 g/mol. The van der Waals surface area contributed by atoms with Gasteiger partial charge in [-0.05, 0) is 68.4 Å². The number of nitrogens with one attached hydrogen (secondary N) is 1. The lowest BCUT2D eigenvalue weighted by atomic mass is 9.84. The Bertz CT molecular complexity index is 966. The average Bonchev–Trinajstić information content (AvgIpc) is 2.94. The highest BCUT2D eigenvalue weighted by molar-refractivity contribution is 5.87. The van der Waals surface area contributed by atoms with Crippen LogP contribution in [0.15, 0.2) is 42.5 Å². The van der Waals surface area contributed by atoms with Gasteiger partial charge in [0.05, 0.1) is 0 Å². The van der Waals surface area contributed by atoms with Crippen LogP contribution in [0.4, 0.5) is 0 Å². The summed E-state index contributed by atoms with van der Waals surface area (Å²) in [4.78, 5) is 0. The van der Waals surface area contributed by atoms with Crippen LogP contribution in [0, 0.1) is 13.8 Å². The molecule has 0 unspecified atom stereocenters. The van der Waals surface area contributed by atoms with Crippen molar-refractivity contribution in [1.29, 1.82) is 0 Å². The molecule has 1 saturated heterocycles. The molecule has 2 atom stereocenters. The summed E-state index contributed by atoms with van der Waals surface area (Å²) in [5.74, 6) is 0. The van der Waals surface area contributed by atoms with Crippen molar-refractivity contribution in [2.45, 2.75) is 64.6 Å². The molecular weight excluding hydrogens is 316 g/mol. The van der Waals surface area contributed by atoms with Crippen molar-refractivity contribution in [3.63, 3.8) is 0 Å². The molecule has 26 heavy (non-hydrogen) atoms. The molecule has 5 rings (SSSR count). The van der Waals surface area contributed by atoms with Crippen LogP contribution in [0.25, 0.3) is 10.9 Å². The molecule has 3 heterocycles. The summed E-state index contributed by atoms with van der Waals surface area (Å²) in [7, 11) is 0. The topological polar surface area (TPSA) is 17.0 Å². The van der Waals surface area contributed by atoms with E-state index < -0.39 is 0 Å². The maximum atomic E-state index is 3.90. The van der Waals surface area contributed by atoms with E-state index in [0.717, 1.165) is 13.0 Å². The van der Waals surface area contributed by atoms with Crippen molar-refractivity contribution in [3.8, 4) is 0 Å². The molecule has 1 N–H and O–H groups in total. The van der Waals surface area contributed by atoms with Crippen molar-refractivity contribution >= 4 is 10.9 Å². The van der Waals surface area contributed by atoms with E-state index in [0.29, 0.717) is 12.1 Å². The summed E-state index contributed by atoms with van der Waals surface area (Å²) in [6, 6.07) is 17.1. The number of aryl methyl sites for hydroxylation is 4. The molecule has 1 aromatic heterocycles. The van der Waals surface area contributed by atoms with E-state index in [9.17, 15) is 0 Å². The van der Waals surface area contributed by atoms with Crippen LogP contribution in [-0.4, -0.2) is 10.6 Å². The molecule has 2 aliphatic rings. The summed E-state index contributed by atoms with van der Waals surface area (Å²) in [6.07, 6.45) is 6.28. The zero-order valence-electron chi connectivity index (χ0n) is 15.9. The SMILES string of the molecule is Cc1ccc2c(c1)c1c(n2CCc2ccccc2C)C[C@@H]2CCC[C@H]1N2. The molecule has 0 spiro atoms. The smallest absolute Gasteiger partial charge is 0.0486 e. The standard InChI is InChI=1S/C24H28N2/c1-16-10-11-22-20(14-16)24-21-9-5-8-19(25-21)15-23(24)26(22)13-12-18-7-4-3-6-17(18)2/h3-4,6-7,10-11,14,19,21,25H,5,8-9,12-13,15H2,1-2H3/t19-,21+/m0/s1. The van der Waals surface area contributed by atoms with Crippen LogP contribution < -0.4 is 5.32 Å². The van der Waals surface area contributed by atoms with E-state index in [1.807, 2.05) is 0 Å². The minimum Gasteiger partial charge on any atom is -0.344 e. The molecule has 0 radical (unpaired) electrons. The highest BCUT2D eigenvalue weighted by Gasteiger charge is 2.34. The Hall–Kier alpha value is -2.06. The highest BCUT2D eigenvalue weighted by atomic mass is 15.1. The predicted octanol–water partition coefficient (Wildman–Crippen LogP) is 5.24. The fourth-order valence-electron chi connectivity index (χ4n) is 5.18. The van der Waals surface area contributed by atoms with E-state index in [1.165, 1.54) is 53.3 Å². The number of fused-ring (bicyclic) bond motifs is 6. The van der Waals surface area contributed by atoms with Gasteiger partial charge in [0.1, 0.15) is 0 Å². The van der Waals surface area contributed by atoms with Crippen LogP contribution >= 0.6 is 0 Å². The summed E-state index contributed by atoms with van der Waals surface area (Å²) < 4.78 is 2.64. The second-order valence-corrected chi connectivity index (χ2v) is 8.26. The zero-order chi connectivity index (χ0) is 17.7. The Labute approximate surface area is 156 Å². The van der Waals surface area contributed by atoms with E-state index in [4.69, 9.17) is 0 Å². The van der Waals surface area contributed by atoms with Gasteiger partial charge in [0, 0.05) is 41.6 Å². The maximum Gasteiger partial charge on any atom is 0.0486 e. The van der Waals surface area contributed by atoms with E-state index in [2.05, 4.69) is 66.2 Å². The Kier molecular flexibility index (Phi) is 3.90. The van der Waals surface area contributed by atoms with Gasteiger partial charge in [0.2, 0.25) is 0 Å². The molecule has 2 heteroatoms. The second-order valence-electron chi connectivity index (χ2n) is 8.26. The summed E-state index contributed by atoms with van der Waals surface area (Å²) in [5, 5.41) is 5.39. The molecule has 2 nitrogen and oxygen atoms in total. The Morgan fingerprint density at radius 1 is 1.08 bits per heavy atom. The third-order valence-corrected chi connectivity index (χ3v) is 6.51. The van der Waals surface area contributed by atoms with E-state index >= 15 is 0 Å². The largest absolute Gasteiger partial charge is 0.344 e. The Morgan fingerprint density at radius 2 is 1.96 bits per heavy atom. The third-order valence-electron chi connectivity index (χ3n) is 6.51. The number of piperidine rings is 1. The lowest BCUT2D eigenvalue weighted by molar-refractivity contribution is 0.298. The average molecular weight is 345 g/mol. The number of aromatic nitrogens is 1. The quantitative estimate of drug-likeness (QED) is 0.687. The Morgan fingerprint density at radius 3 is 2.85 bits per heavy atom. The number of benzene rings is 2. The van der Waals surface area contributed by atoms with Gasteiger partial charge >= 0.3 is 0 Å². The summed E-state index contributed by atoms with van der Waals surface area (Å²) >= 11 is 0. The fraction of sp³-hybridized carbons (Fsp3) is 0.417. The van der Waals surface area contributed by atoms with Crippen molar-refractivity contribution in [2.75, 3.05) is 0 Å². The minimum atomic E-state index is 0.557. The van der Waals surface area contributed by atoms with Crippen LogP contribution in [0.3, 0.4) is 0 Å². The van der Waals surface area contributed by atoms with Gasteiger partial charge in [-0.1, -0.05) is 35.9 Å². The second kappa shape index (κ2) is 6.28. The Balaban J connectivity index is 1.61. The van der Waals surface area contributed by atoms with Gasteiger partial charge in [-0.15, -0.1) is 0 Å². The summed E-state index contributed by atoms with van der Waals surface area (Å²) in [6.45, 7) is 5.53. The first-order valence-corrected chi connectivity index (χ1v) is 10.1. The molecule has 2 aliphatic heterocycles. The van der Waals surface area contributed by atoms with Gasteiger partial charge in [0.15, 0.2) is 0 Å². The van der Waals surface area contributed by atoms with Gasteiger partial charge in [-0.25, -0.2) is 0 Å². The first-order chi connectivity index (χ1) is 12.7. The fourth-order valence-corrected chi connectivity index (χ4v) is 5.18. The molecular formula is C24H28N2. The number of nitrogens with zero attached hydrogens (tertiary/aromatic N) is 1. The van der Waals surface area contributed by atoms with E-state index in [1.54, 1.807) is 11.3 Å². The van der Waals surface area contributed by atoms with E-state index in [-0.39, 0.29) is 0 Å². The van der Waals surface area contributed by atoms with Crippen molar-refractivity contribution in [3.05, 3.63) is 70.4 Å². The molecule has 1 fully saturated rings. The van der Waals surface area contributed by atoms with Gasteiger partial charge < -0.3 is 9.88 Å². The van der Waals surface area contributed by atoms with Gasteiger partial charge in [0.25, 0.3) is 0 Å². The van der Waals surface area contributed by atoms with Crippen LogP contribution in [0.2, 0.25) is 0 Å². The number of rotatable bonds is 3. The lowest BCUT2D eigenvalue weighted by Gasteiger charge is -2.37. The highest BCUT2D eigenvalue weighted by Crippen LogP contribution is 2.41. The van der Waals surface area contributed by atoms with Crippen molar-refractivity contribution in [2.24, 2.45) is 0 Å². The van der Waals surface area contributed by atoms with Crippen molar-refractivity contribution in [1.82, 2.24) is 9.88 Å². The molecule has 2 bridgehead atoms. The zero-order valence-corrected chi connectivity index (χ0v) is 15.9.